The number of nitrogens with zero attached hydrogens (tertiary/aromatic N) is 2. The normalized spacial score (nSPS) is 15.3. The highest BCUT2D eigenvalue weighted by Gasteiger charge is 2.32. The number of ether oxygens (including phenoxy) is 1. The standard InChI is InChI=1S/C18H23FN4O2.2ClH/c1-25-12-18(6-8-20-9-7-18)11-22-17(24)16-10-21-13-23(16)15-4-2-14(19)3-5-15;;/h2-5,10,13,20H,6-9,11-12H2,1H3,(H,22,24);2*1H. The Bertz CT molecular complexity index is 713. The number of rotatable bonds is 6. The monoisotopic (exact) mass is 418 g/mol. The van der Waals surface area contributed by atoms with Gasteiger partial charge in [-0.1, -0.05) is 0 Å². The van der Waals surface area contributed by atoms with E-state index >= 15 is 0 Å². The number of nitrogens with one attached hydrogen (secondary N) is 2. The van der Waals surface area contributed by atoms with Crippen LogP contribution < -0.4 is 10.6 Å². The van der Waals surface area contributed by atoms with Crippen molar-refractivity contribution < 1.29 is 13.9 Å². The van der Waals surface area contributed by atoms with E-state index in [1.54, 1.807) is 30.1 Å². The maximum Gasteiger partial charge on any atom is 0.269 e. The van der Waals surface area contributed by atoms with Crippen molar-refractivity contribution in [3.63, 3.8) is 0 Å². The number of benzene rings is 1. The molecule has 3 rings (SSSR count). The summed E-state index contributed by atoms with van der Waals surface area (Å²) in [7, 11) is 1.69. The molecule has 0 radical (unpaired) electrons. The van der Waals surface area contributed by atoms with Crippen molar-refractivity contribution in [3.05, 3.63) is 48.3 Å². The first-order valence-corrected chi connectivity index (χ1v) is 8.40. The second-order valence-electron chi connectivity index (χ2n) is 6.49. The number of hydrogen-bond donors (Lipinski definition) is 2. The SMILES string of the molecule is COCC1(CNC(=O)c2cncn2-c2ccc(F)cc2)CCNCC1.Cl.Cl. The average Bonchev–Trinajstić information content (AvgIpc) is 3.11. The molecule has 2 aromatic rings. The van der Waals surface area contributed by atoms with Crippen molar-refractivity contribution >= 4 is 30.7 Å². The van der Waals surface area contributed by atoms with Gasteiger partial charge in [0.25, 0.3) is 5.91 Å². The second-order valence-corrected chi connectivity index (χ2v) is 6.49. The molecule has 0 bridgehead atoms. The summed E-state index contributed by atoms with van der Waals surface area (Å²) in [6.45, 7) is 3.02. The number of hydrogen-bond acceptors (Lipinski definition) is 4. The minimum absolute atomic E-state index is 0. The lowest BCUT2D eigenvalue weighted by atomic mass is 9.79. The van der Waals surface area contributed by atoms with Gasteiger partial charge in [0.1, 0.15) is 11.5 Å². The smallest absolute Gasteiger partial charge is 0.269 e. The molecule has 27 heavy (non-hydrogen) atoms. The summed E-state index contributed by atoms with van der Waals surface area (Å²) >= 11 is 0. The lowest BCUT2D eigenvalue weighted by Gasteiger charge is -2.37. The third kappa shape index (κ3) is 5.65. The Morgan fingerprint density at radius 1 is 1.30 bits per heavy atom. The Hall–Kier alpha value is -1.67. The van der Waals surface area contributed by atoms with E-state index in [2.05, 4.69) is 15.6 Å². The summed E-state index contributed by atoms with van der Waals surface area (Å²) in [6.07, 6.45) is 4.98. The van der Waals surface area contributed by atoms with Gasteiger partial charge in [-0.25, -0.2) is 9.37 Å². The van der Waals surface area contributed by atoms with Crippen molar-refractivity contribution in [1.82, 2.24) is 20.2 Å². The molecule has 1 fully saturated rings. The van der Waals surface area contributed by atoms with Gasteiger partial charge < -0.3 is 15.4 Å². The van der Waals surface area contributed by atoms with E-state index < -0.39 is 0 Å². The van der Waals surface area contributed by atoms with Crippen LogP contribution in [0.5, 0.6) is 0 Å². The Kier molecular flexibility index (Phi) is 9.18. The van der Waals surface area contributed by atoms with E-state index in [-0.39, 0.29) is 42.0 Å². The van der Waals surface area contributed by atoms with E-state index in [0.29, 0.717) is 24.5 Å². The first kappa shape index (κ1) is 23.4. The zero-order chi connectivity index (χ0) is 17.7. The van der Waals surface area contributed by atoms with Crippen LogP contribution >= 0.6 is 24.8 Å². The molecule has 9 heteroatoms. The predicted octanol–water partition coefficient (Wildman–Crippen LogP) is 2.60. The quantitative estimate of drug-likeness (QED) is 0.756. The number of piperidine rings is 1. The molecule has 1 aliphatic rings. The summed E-state index contributed by atoms with van der Waals surface area (Å²) in [5, 5.41) is 6.36. The molecule has 0 unspecified atom stereocenters. The summed E-state index contributed by atoms with van der Waals surface area (Å²) in [4.78, 5) is 16.7. The predicted molar refractivity (Wildman–Crippen MR) is 107 cm³/mol. The molecule has 150 valence electrons. The fourth-order valence-corrected chi connectivity index (χ4v) is 3.26. The van der Waals surface area contributed by atoms with Gasteiger partial charge in [-0.2, -0.15) is 0 Å². The Morgan fingerprint density at radius 2 is 1.96 bits per heavy atom. The van der Waals surface area contributed by atoms with Crippen LogP contribution in [0.2, 0.25) is 0 Å². The summed E-state index contributed by atoms with van der Waals surface area (Å²) < 4.78 is 20.1. The number of carbonyl (C=O) groups excluding carboxylic acids is 1. The van der Waals surface area contributed by atoms with Crippen molar-refractivity contribution in [2.75, 3.05) is 33.4 Å². The maximum atomic E-state index is 13.1. The molecule has 1 saturated heterocycles. The molecule has 0 atom stereocenters. The van der Waals surface area contributed by atoms with Gasteiger partial charge >= 0.3 is 0 Å². The van der Waals surface area contributed by atoms with Crippen LogP contribution in [0.25, 0.3) is 5.69 Å². The fourth-order valence-electron chi connectivity index (χ4n) is 3.26. The van der Waals surface area contributed by atoms with Crippen LogP contribution in [0.15, 0.2) is 36.8 Å². The topological polar surface area (TPSA) is 68.2 Å². The summed E-state index contributed by atoms with van der Waals surface area (Å²) in [6, 6.07) is 5.96. The number of aromatic nitrogens is 2. The van der Waals surface area contributed by atoms with Crippen LogP contribution in [-0.4, -0.2) is 48.8 Å². The minimum atomic E-state index is -0.317. The highest BCUT2D eigenvalue weighted by molar-refractivity contribution is 5.93. The van der Waals surface area contributed by atoms with Crippen molar-refractivity contribution in [1.29, 1.82) is 0 Å². The van der Waals surface area contributed by atoms with E-state index in [4.69, 9.17) is 4.74 Å². The van der Waals surface area contributed by atoms with E-state index in [1.807, 2.05) is 0 Å². The summed E-state index contributed by atoms with van der Waals surface area (Å²) in [5.41, 5.74) is 1.07. The van der Waals surface area contributed by atoms with Crippen LogP contribution in [0.1, 0.15) is 23.3 Å². The molecular weight excluding hydrogens is 394 g/mol. The van der Waals surface area contributed by atoms with E-state index in [1.165, 1.54) is 18.3 Å². The highest BCUT2D eigenvalue weighted by atomic mass is 35.5. The first-order valence-electron chi connectivity index (χ1n) is 8.40. The fraction of sp³-hybridized carbons (Fsp3) is 0.444. The lowest BCUT2D eigenvalue weighted by Crippen LogP contribution is -2.47. The number of methoxy groups -OCH3 is 1. The Morgan fingerprint density at radius 3 is 2.59 bits per heavy atom. The van der Waals surface area contributed by atoms with Crippen molar-refractivity contribution in [2.24, 2.45) is 5.41 Å². The summed E-state index contributed by atoms with van der Waals surface area (Å²) in [5.74, 6) is -0.516. The molecule has 0 saturated carbocycles. The zero-order valence-electron chi connectivity index (χ0n) is 15.1. The first-order chi connectivity index (χ1) is 12.1. The molecule has 1 aromatic heterocycles. The molecule has 0 spiro atoms. The average molecular weight is 419 g/mol. The van der Waals surface area contributed by atoms with Gasteiger partial charge in [0, 0.05) is 24.8 Å². The lowest BCUT2D eigenvalue weighted by molar-refractivity contribution is 0.0510. The van der Waals surface area contributed by atoms with Crippen molar-refractivity contribution in [3.8, 4) is 5.69 Å². The van der Waals surface area contributed by atoms with Gasteiger partial charge in [-0.15, -0.1) is 24.8 Å². The molecule has 2 heterocycles. The zero-order valence-corrected chi connectivity index (χ0v) is 16.7. The van der Waals surface area contributed by atoms with Gasteiger partial charge in [-0.3, -0.25) is 9.36 Å². The Balaban J connectivity index is 0.00000182. The largest absolute Gasteiger partial charge is 0.384 e. The molecule has 0 aliphatic carbocycles. The number of imidazole rings is 1. The van der Waals surface area contributed by atoms with Gasteiger partial charge in [-0.05, 0) is 50.2 Å². The number of halogens is 3. The van der Waals surface area contributed by atoms with Gasteiger partial charge in [0.15, 0.2) is 0 Å². The minimum Gasteiger partial charge on any atom is -0.384 e. The van der Waals surface area contributed by atoms with Crippen LogP contribution in [0.4, 0.5) is 4.39 Å². The third-order valence-electron chi connectivity index (χ3n) is 4.71. The number of carbonyl (C=O) groups is 1. The van der Waals surface area contributed by atoms with Crippen LogP contribution in [0.3, 0.4) is 0 Å². The van der Waals surface area contributed by atoms with Gasteiger partial charge in [0.05, 0.1) is 19.1 Å². The third-order valence-corrected chi connectivity index (χ3v) is 4.71. The van der Waals surface area contributed by atoms with Crippen LogP contribution in [-0.2, 0) is 4.74 Å². The second kappa shape index (κ2) is 10.6. The molecule has 1 aromatic carbocycles. The van der Waals surface area contributed by atoms with Crippen molar-refractivity contribution in [2.45, 2.75) is 12.8 Å². The maximum absolute atomic E-state index is 13.1. The molecule has 1 aliphatic heterocycles. The van der Waals surface area contributed by atoms with E-state index in [9.17, 15) is 9.18 Å². The Labute approximate surface area is 170 Å². The highest BCUT2D eigenvalue weighted by Crippen LogP contribution is 2.28. The number of amides is 1. The molecule has 1 amide bonds. The molecular formula is C18H25Cl2FN4O2. The van der Waals surface area contributed by atoms with Crippen LogP contribution in [0, 0.1) is 11.2 Å². The molecule has 6 nitrogen and oxygen atoms in total. The van der Waals surface area contributed by atoms with E-state index in [0.717, 1.165) is 25.9 Å². The van der Waals surface area contributed by atoms with Gasteiger partial charge in [0.2, 0.25) is 0 Å². The molecule has 2 N–H and O–H groups in total.